The van der Waals surface area contributed by atoms with E-state index in [0.29, 0.717) is 5.92 Å². The van der Waals surface area contributed by atoms with E-state index in [0.717, 1.165) is 29.7 Å². The van der Waals surface area contributed by atoms with Crippen molar-refractivity contribution in [3.63, 3.8) is 0 Å². The molecule has 23 heavy (non-hydrogen) atoms. The first-order valence-corrected chi connectivity index (χ1v) is 9.18. The Morgan fingerprint density at radius 3 is 2.74 bits per heavy atom. The maximum atomic E-state index is 11.9. The SMILES string of the molecule is Cc1ccccc1SCC(=O)OCC(=O)N[C@H]1CCCC[C@@H]1C. The second-order valence-electron chi connectivity index (χ2n) is 6.15. The van der Waals surface area contributed by atoms with Gasteiger partial charge in [0.2, 0.25) is 0 Å². The number of hydrogen-bond acceptors (Lipinski definition) is 4. The van der Waals surface area contributed by atoms with Gasteiger partial charge in [0.1, 0.15) is 0 Å². The molecule has 1 aromatic carbocycles. The number of thioether (sulfide) groups is 1. The van der Waals surface area contributed by atoms with Crippen molar-refractivity contribution >= 4 is 23.6 Å². The number of ether oxygens (including phenoxy) is 1. The highest BCUT2D eigenvalue weighted by atomic mass is 32.2. The van der Waals surface area contributed by atoms with Gasteiger partial charge >= 0.3 is 5.97 Å². The van der Waals surface area contributed by atoms with Crippen molar-refractivity contribution in [3.8, 4) is 0 Å². The molecular weight excluding hydrogens is 310 g/mol. The molecule has 2 rings (SSSR count). The summed E-state index contributed by atoms with van der Waals surface area (Å²) in [7, 11) is 0. The molecule has 0 radical (unpaired) electrons. The summed E-state index contributed by atoms with van der Waals surface area (Å²) in [5.41, 5.74) is 1.13. The van der Waals surface area contributed by atoms with E-state index in [1.54, 1.807) is 0 Å². The summed E-state index contributed by atoms with van der Waals surface area (Å²) in [5.74, 6) is 0.168. The monoisotopic (exact) mass is 335 g/mol. The average molecular weight is 335 g/mol. The molecule has 1 aromatic rings. The van der Waals surface area contributed by atoms with Crippen LogP contribution < -0.4 is 5.32 Å². The zero-order valence-electron chi connectivity index (χ0n) is 13.8. The van der Waals surface area contributed by atoms with Gasteiger partial charge in [-0.1, -0.05) is 38.0 Å². The molecule has 0 saturated heterocycles. The molecule has 0 bridgehead atoms. The van der Waals surface area contributed by atoms with Crippen LogP contribution in [0.3, 0.4) is 0 Å². The van der Waals surface area contributed by atoms with Gasteiger partial charge in [0.15, 0.2) is 6.61 Å². The van der Waals surface area contributed by atoms with E-state index in [1.165, 1.54) is 18.2 Å². The highest BCUT2D eigenvalue weighted by Crippen LogP contribution is 2.24. The fourth-order valence-electron chi connectivity index (χ4n) is 2.82. The molecule has 0 aromatic heterocycles. The summed E-state index contributed by atoms with van der Waals surface area (Å²) in [6, 6.07) is 8.11. The zero-order chi connectivity index (χ0) is 16.7. The lowest BCUT2D eigenvalue weighted by atomic mass is 9.86. The van der Waals surface area contributed by atoms with E-state index in [9.17, 15) is 9.59 Å². The van der Waals surface area contributed by atoms with Crippen LogP contribution in [0, 0.1) is 12.8 Å². The van der Waals surface area contributed by atoms with Crippen LogP contribution in [-0.2, 0) is 14.3 Å². The molecule has 1 amide bonds. The Balaban J connectivity index is 1.67. The van der Waals surface area contributed by atoms with Gasteiger partial charge in [0.05, 0.1) is 5.75 Å². The van der Waals surface area contributed by atoms with E-state index in [1.807, 2.05) is 31.2 Å². The van der Waals surface area contributed by atoms with Crippen molar-refractivity contribution in [2.45, 2.75) is 50.5 Å². The molecular formula is C18H25NO3S. The van der Waals surface area contributed by atoms with Crippen LogP contribution in [-0.4, -0.2) is 30.3 Å². The predicted molar refractivity (Wildman–Crippen MR) is 92.4 cm³/mol. The smallest absolute Gasteiger partial charge is 0.316 e. The number of aryl methyl sites for hydroxylation is 1. The fourth-order valence-corrected chi connectivity index (χ4v) is 3.65. The Morgan fingerprint density at radius 1 is 1.26 bits per heavy atom. The predicted octanol–water partition coefficient (Wildman–Crippen LogP) is 3.33. The van der Waals surface area contributed by atoms with E-state index >= 15 is 0 Å². The minimum Gasteiger partial charge on any atom is -0.455 e. The first-order valence-electron chi connectivity index (χ1n) is 8.19. The van der Waals surface area contributed by atoms with Gasteiger partial charge in [-0.2, -0.15) is 0 Å². The van der Waals surface area contributed by atoms with Crippen molar-refractivity contribution in [1.82, 2.24) is 5.32 Å². The fraction of sp³-hybridized carbons (Fsp3) is 0.556. The Morgan fingerprint density at radius 2 is 2.00 bits per heavy atom. The van der Waals surface area contributed by atoms with Crippen molar-refractivity contribution in [2.75, 3.05) is 12.4 Å². The van der Waals surface area contributed by atoms with E-state index in [-0.39, 0.29) is 30.3 Å². The Bertz CT molecular complexity index is 547. The second kappa shape index (κ2) is 8.96. The minimum absolute atomic E-state index is 0.184. The molecule has 1 aliphatic carbocycles. The van der Waals surface area contributed by atoms with Gasteiger partial charge in [-0.15, -0.1) is 11.8 Å². The third kappa shape index (κ3) is 5.90. The van der Waals surface area contributed by atoms with Gasteiger partial charge in [-0.05, 0) is 37.3 Å². The van der Waals surface area contributed by atoms with Crippen molar-refractivity contribution < 1.29 is 14.3 Å². The van der Waals surface area contributed by atoms with Crippen LogP contribution in [0.2, 0.25) is 0 Å². The van der Waals surface area contributed by atoms with E-state index < -0.39 is 0 Å². The quantitative estimate of drug-likeness (QED) is 0.640. The van der Waals surface area contributed by atoms with Crippen LogP contribution in [0.1, 0.15) is 38.2 Å². The zero-order valence-corrected chi connectivity index (χ0v) is 14.7. The Kier molecular flexibility index (Phi) is 6.96. The molecule has 5 heteroatoms. The third-order valence-electron chi connectivity index (χ3n) is 4.26. The van der Waals surface area contributed by atoms with Gasteiger partial charge < -0.3 is 10.1 Å². The highest BCUT2D eigenvalue weighted by molar-refractivity contribution is 8.00. The number of carbonyl (C=O) groups excluding carboxylic acids is 2. The molecule has 1 aliphatic rings. The lowest BCUT2D eigenvalue weighted by molar-refractivity contribution is -0.146. The maximum absolute atomic E-state index is 11.9. The summed E-state index contributed by atoms with van der Waals surface area (Å²) in [4.78, 5) is 24.7. The van der Waals surface area contributed by atoms with E-state index in [2.05, 4.69) is 12.2 Å². The second-order valence-corrected chi connectivity index (χ2v) is 7.17. The van der Waals surface area contributed by atoms with Gasteiger partial charge in [-0.3, -0.25) is 9.59 Å². The topological polar surface area (TPSA) is 55.4 Å². The molecule has 126 valence electrons. The molecule has 1 N–H and O–H groups in total. The number of rotatable bonds is 6. The van der Waals surface area contributed by atoms with Crippen LogP contribution in [0.25, 0.3) is 0 Å². The van der Waals surface area contributed by atoms with E-state index in [4.69, 9.17) is 4.74 Å². The summed E-state index contributed by atoms with van der Waals surface area (Å²) in [6.07, 6.45) is 4.56. The minimum atomic E-state index is -0.356. The molecule has 2 atom stereocenters. The number of nitrogens with one attached hydrogen (secondary N) is 1. The largest absolute Gasteiger partial charge is 0.455 e. The van der Waals surface area contributed by atoms with Crippen LogP contribution >= 0.6 is 11.8 Å². The number of hydrogen-bond donors (Lipinski definition) is 1. The summed E-state index contributed by atoms with van der Waals surface area (Å²) < 4.78 is 5.07. The van der Waals surface area contributed by atoms with Crippen LogP contribution in [0.5, 0.6) is 0 Å². The summed E-state index contributed by atoms with van der Waals surface area (Å²) >= 11 is 1.44. The Labute approximate surface area is 142 Å². The highest BCUT2D eigenvalue weighted by Gasteiger charge is 2.23. The summed E-state index contributed by atoms with van der Waals surface area (Å²) in [5, 5.41) is 2.98. The molecule has 1 fully saturated rings. The lowest BCUT2D eigenvalue weighted by Crippen LogP contribution is -2.43. The summed E-state index contributed by atoms with van der Waals surface area (Å²) in [6.45, 7) is 3.98. The third-order valence-corrected chi connectivity index (χ3v) is 5.41. The van der Waals surface area contributed by atoms with Crippen molar-refractivity contribution in [1.29, 1.82) is 0 Å². The molecule has 0 aliphatic heterocycles. The van der Waals surface area contributed by atoms with Crippen molar-refractivity contribution in [3.05, 3.63) is 29.8 Å². The molecule has 1 saturated carbocycles. The first-order chi connectivity index (χ1) is 11.1. The van der Waals surface area contributed by atoms with Gasteiger partial charge in [0, 0.05) is 10.9 Å². The normalized spacial score (nSPS) is 20.8. The number of carbonyl (C=O) groups is 2. The number of esters is 1. The lowest BCUT2D eigenvalue weighted by Gasteiger charge is -2.29. The van der Waals surface area contributed by atoms with Crippen LogP contribution in [0.15, 0.2) is 29.2 Å². The van der Waals surface area contributed by atoms with Crippen LogP contribution in [0.4, 0.5) is 0 Å². The van der Waals surface area contributed by atoms with Crippen molar-refractivity contribution in [2.24, 2.45) is 5.92 Å². The molecule has 0 spiro atoms. The van der Waals surface area contributed by atoms with Gasteiger partial charge in [0.25, 0.3) is 5.91 Å². The standard InChI is InChI=1S/C18H25NO3S/c1-13-7-3-5-9-15(13)19-17(20)11-22-18(21)12-23-16-10-6-4-8-14(16)2/h4,6,8,10,13,15H,3,5,7,9,11-12H2,1-2H3,(H,19,20)/t13-,15-/m0/s1. The maximum Gasteiger partial charge on any atom is 0.316 e. The van der Waals surface area contributed by atoms with Gasteiger partial charge in [-0.25, -0.2) is 0 Å². The number of benzene rings is 1. The Hall–Kier alpha value is -1.49. The molecule has 4 nitrogen and oxygen atoms in total. The first kappa shape index (κ1) is 17.9. The number of amides is 1. The molecule has 0 unspecified atom stereocenters. The average Bonchev–Trinajstić information content (AvgIpc) is 2.54. The molecule has 0 heterocycles.